The van der Waals surface area contributed by atoms with Crippen LogP contribution in [0.25, 0.3) is 11.3 Å². The van der Waals surface area contributed by atoms with Crippen molar-refractivity contribution in [1.29, 1.82) is 0 Å². The molecule has 0 N–H and O–H groups in total. The molecule has 0 aliphatic carbocycles. The molecule has 5 nitrogen and oxygen atoms in total. The smallest absolute Gasteiger partial charge is 0.318 e. The fraction of sp³-hybridized carbons (Fsp3) is 0.0714. The van der Waals surface area contributed by atoms with Crippen LogP contribution in [0, 0.1) is 5.82 Å². The maximum atomic E-state index is 13.2. The van der Waals surface area contributed by atoms with Crippen LogP contribution >= 0.6 is 11.3 Å². The Kier molecular flexibility index (Phi) is 3.49. The Bertz CT molecular complexity index is 863. The molecule has 1 aromatic carbocycles. The highest BCUT2D eigenvalue weighted by Gasteiger charge is 2.13. The van der Waals surface area contributed by atoms with Crippen LogP contribution in [-0.4, -0.2) is 15.6 Å². The molecule has 0 atom stereocenters. The molecule has 7 heteroatoms. The Labute approximate surface area is 123 Å². The molecule has 106 valence electrons. The third-order valence-electron chi connectivity index (χ3n) is 2.80. The maximum absolute atomic E-state index is 13.2. The van der Waals surface area contributed by atoms with E-state index >= 15 is 0 Å². The summed E-state index contributed by atoms with van der Waals surface area (Å²) >= 11 is 1.34. The Morgan fingerprint density at radius 2 is 2.29 bits per heavy atom. The van der Waals surface area contributed by atoms with Gasteiger partial charge in [-0.05, 0) is 12.1 Å². The highest BCUT2D eigenvalue weighted by Crippen LogP contribution is 2.20. The SMILES string of the molecule is Cn1ccsc1=NC(=O)c1cc(-c2cccc(F)c2)no1. The van der Waals surface area contributed by atoms with Crippen LogP contribution in [0.4, 0.5) is 4.39 Å². The second-order valence-electron chi connectivity index (χ2n) is 4.30. The van der Waals surface area contributed by atoms with Crippen molar-refractivity contribution < 1.29 is 13.7 Å². The second-order valence-corrected chi connectivity index (χ2v) is 5.17. The summed E-state index contributed by atoms with van der Waals surface area (Å²) in [5.74, 6) is -0.885. The van der Waals surface area contributed by atoms with E-state index in [0.717, 1.165) is 0 Å². The summed E-state index contributed by atoms with van der Waals surface area (Å²) in [5, 5.41) is 5.60. The van der Waals surface area contributed by atoms with Crippen molar-refractivity contribution in [3.8, 4) is 11.3 Å². The number of aryl methyl sites for hydroxylation is 1. The molecule has 0 unspecified atom stereocenters. The van der Waals surface area contributed by atoms with Crippen LogP contribution in [0.1, 0.15) is 10.6 Å². The standard InChI is InChI=1S/C14H10FN3O2S/c1-18-5-6-21-14(18)16-13(19)12-8-11(17-20-12)9-3-2-4-10(15)7-9/h2-8H,1H3. The largest absolute Gasteiger partial charge is 0.350 e. The number of carbonyl (C=O) groups excluding carboxylic acids is 1. The van der Waals surface area contributed by atoms with Crippen LogP contribution in [0.5, 0.6) is 0 Å². The molecule has 1 amide bonds. The van der Waals surface area contributed by atoms with Crippen LogP contribution in [0.3, 0.4) is 0 Å². The molecule has 0 radical (unpaired) electrons. The third kappa shape index (κ3) is 2.82. The number of benzene rings is 1. The molecular formula is C14H10FN3O2S. The summed E-state index contributed by atoms with van der Waals surface area (Å²) < 4.78 is 19.9. The Morgan fingerprint density at radius 3 is 3.00 bits per heavy atom. The van der Waals surface area contributed by atoms with E-state index in [-0.39, 0.29) is 11.6 Å². The number of carbonyl (C=O) groups is 1. The fourth-order valence-electron chi connectivity index (χ4n) is 1.74. The molecule has 0 saturated carbocycles. The first kappa shape index (κ1) is 13.4. The van der Waals surface area contributed by atoms with E-state index in [1.807, 2.05) is 5.38 Å². The van der Waals surface area contributed by atoms with E-state index in [9.17, 15) is 9.18 Å². The van der Waals surface area contributed by atoms with Crippen molar-refractivity contribution in [3.63, 3.8) is 0 Å². The predicted molar refractivity (Wildman–Crippen MR) is 75.1 cm³/mol. The van der Waals surface area contributed by atoms with Gasteiger partial charge in [0.15, 0.2) is 4.80 Å². The topological polar surface area (TPSA) is 60.4 Å². The zero-order valence-corrected chi connectivity index (χ0v) is 11.8. The lowest BCUT2D eigenvalue weighted by atomic mass is 10.1. The monoisotopic (exact) mass is 303 g/mol. The number of rotatable bonds is 2. The minimum atomic E-state index is -0.525. The van der Waals surface area contributed by atoms with Gasteiger partial charge >= 0.3 is 5.91 Å². The molecule has 0 aliphatic rings. The van der Waals surface area contributed by atoms with Crippen molar-refractivity contribution in [1.82, 2.24) is 9.72 Å². The summed E-state index contributed by atoms with van der Waals surface area (Å²) in [6.07, 6.45) is 1.80. The van der Waals surface area contributed by atoms with Crippen molar-refractivity contribution >= 4 is 17.2 Å². The van der Waals surface area contributed by atoms with E-state index in [2.05, 4.69) is 10.1 Å². The van der Waals surface area contributed by atoms with Gasteiger partial charge in [0.2, 0.25) is 5.76 Å². The fourth-order valence-corrected chi connectivity index (χ4v) is 2.46. The third-order valence-corrected chi connectivity index (χ3v) is 3.65. The van der Waals surface area contributed by atoms with Crippen molar-refractivity contribution in [2.75, 3.05) is 0 Å². The van der Waals surface area contributed by atoms with Crippen molar-refractivity contribution in [3.05, 3.63) is 58.3 Å². The summed E-state index contributed by atoms with van der Waals surface area (Å²) in [6.45, 7) is 0. The van der Waals surface area contributed by atoms with Gasteiger partial charge in [0.05, 0.1) is 0 Å². The molecule has 0 spiro atoms. The Morgan fingerprint density at radius 1 is 1.43 bits per heavy atom. The lowest BCUT2D eigenvalue weighted by Gasteiger charge is -1.93. The first-order valence-corrected chi connectivity index (χ1v) is 6.93. The highest BCUT2D eigenvalue weighted by atomic mass is 32.1. The zero-order chi connectivity index (χ0) is 14.8. The lowest BCUT2D eigenvalue weighted by Crippen LogP contribution is -2.12. The van der Waals surface area contributed by atoms with Gasteiger partial charge in [0, 0.05) is 30.3 Å². The van der Waals surface area contributed by atoms with Gasteiger partial charge in [-0.15, -0.1) is 11.3 Å². The van der Waals surface area contributed by atoms with Gasteiger partial charge in [0.25, 0.3) is 0 Å². The van der Waals surface area contributed by atoms with Gasteiger partial charge in [-0.3, -0.25) is 4.79 Å². The summed E-state index contributed by atoms with van der Waals surface area (Å²) in [4.78, 5) is 16.5. The quantitative estimate of drug-likeness (QED) is 0.731. The van der Waals surface area contributed by atoms with E-state index in [4.69, 9.17) is 4.52 Å². The van der Waals surface area contributed by atoms with Crippen LogP contribution in [0.15, 0.2) is 51.4 Å². The van der Waals surface area contributed by atoms with Gasteiger partial charge in [-0.2, -0.15) is 4.99 Å². The predicted octanol–water partition coefficient (Wildman–Crippen LogP) is 2.62. The number of hydrogen-bond donors (Lipinski definition) is 0. The van der Waals surface area contributed by atoms with Gasteiger partial charge < -0.3 is 9.09 Å². The maximum Gasteiger partial charge on any atom is 0.318 e. The van der Waals surface area contributed by atoms with Crippen LogP contribution in [0.2, 0.25) is 0 Å². The number of amides is 1. The molecule has 2 heterocycles. The molecule has 0 saturated heterocycles. The van der Waals surface area contributed by atoms with Gasteiger partial charge in [0.1, 0.15) is 11.5 Å². The van der Waals surface area contributed by atoms with Gasteiger partial charge in [-0.1, -0.05) is 17.3 Å². The van der Waals surface area contributed by atoms with Crippen molar-refractivity contribution in [2.45, 2.75) is 0 Å². The Balaban J connectivity index is 1.92. The van der Waals surface area contributed by atoms with Crippen LogP contribution < -0.4 is 4.80 Å². The molecule has 3 rings (SSSR count). The Hall–Kier alpha value is -2.54. The summed E-state index contributed by atoms with van der Waals surface area (Å²) in [7, 11) is 1.79. The first-order valence-electron chi connectivity index (χ1n) is 6.05. The number of halogens is 1. The lowest BCUT2D eigenvalue weighted by molar-refractivity contribution is 0.0962. The molecule has 0 bridgehead atoms. The van der Waals surface area contributed by atoms with E-state index < -0.39 is 5.91 Å². The van der Waals surface area contributed by atoms with E-state index in [0.29, 0.717) is 16.1 Å². The minimum absolute atomic E-state index is 0.0164. The van der Waals surface area contributed by atoms with E-state index in [1.54, 1.807) is 29.9 Å². The average Bonchev–Trinajstić information content (AvgIpc) is 3.09. The number of nitrogens with zero attached hydrogens (tertiary/aromatic N) is 3. The first-order chi connectivity index (χ1) is 10.1. The molecule has 0 aliphatic heterocycles. The molecule has 21 heavy (non-hydrogen) atoms. The average molecular weight is 303 g/mol. The van der Waals surface area contributed by atoms with Crippen molar-refractivity contribution in [2.24, 2.45) is 12.0 Å². The van der Waals surface area contributed by atoms with Gasteiger partial charge in [-0.25, -0.2) is 4.39 Å². The zero-order valence-electron chi connectivity index (χ0n) is 11.0. The number of thiazole rings is 1. The number of aromatic nitrogens is 2. The molecule has 0 fully saturated rings. The van der Waals surface area contributed by atoms with E-state index in [1.165, 1.54) is 29.5 Å². The summed E-state index contributed by atoms with van der Waals surface area (Å²) in [6, 6.07) is 7.36. The second kappa shape index (κ2) is 5.45. The summed E-state index contributed by atoms with van der Waals surface area (Å²) in [5.41, 5.74) is 0.933. The highest BCUT2D eigenvalue weighted by molar-refractivity contribution is 7.07. The van der Waals surface area contributed by atoms with Crippen LogP contribution in [-0.2, 0) is 7.05 Å². The molecular weight excluding hydrogens is 293 g/mol. The molecule has 3 aromatic rings. The number of hydrogen-bond acceptors (Lipinski definition) is 4. The minimum Gasteiger partial charge on any atom is -0.350 e. The normalized spacial score (nSPS) is 11.8. The molecule has 2 aromatic heterocycles.